The Morgan fingerprint density at radius 3 is 2.82 bits per heavy atom. The molecule has 1 aliphatic carbocycles. The predicted octanol–water partition coefficient (Wildman–Crippen LogP) is 3.82. The number of anilines is 1. The Morgan fingerprint density at radius 1 is 1.18 bits per heavy atom. The summed E-state index contributed by atoms with van der Waals surface area (Å²) in [4.78, 5) is 15.7. The molecule has 4 rings (SSSR count). The molecule has 2 N–H and O–H groups in total. The minimum atomic E-state index is 0.0432. The van der Waals surface area contributed by atoms with E-state index >= 15 is 0 Å². The van der Waals surface area contributed by atoms with Crippen molar-refractivity contribution in [2.24, 2.45) is 0 Å². The monoisotopic (exact) mass is 418 g/mol. The maximum atomic E-state index is 8.84. The van der Waals surface area contributed by atoms with E-state index in [1.807, 2.05) is 6.26 Å². The van der Waals surface area contributed by atoms with Crippen LogP contribution in [0.4, 0.5) is 5.82 Å². The van der Waals surface area contributed by atoms with E-state index in [0.717, 1.165) is 51.7 Å². The van der Waals surface area contributed by atoms with Crippen molar-refractivity contribution in [2.75, 3.05) is 37.9 Å². The van der Waals surface area contributed by atoms with Crippen LogP contribution in [0.5, 0.6) is 0 Å². The van der Waals surface area contributed by atoms with Crippen molar-refractivity contribution in [3.05, 3.63) is 16.8 Å². The smallest absolute Gasteiger partial charge is 0.189 e. The van der Waals surface area contributed by atoms with Crippen molar-refractivity contribution >= 4 is 49.3 Å². The van der Waals surface area contributed by atoms with Crippen LogP contribution in [0.1, 0.15) is 36.6 Å². The van der Waals surface area contributed by atoms with Gasteiger partial charge in [-0.3, -0.25) is 0 Å². The number of pyridine rings is 1. The Kier molecular flexibility index (Phi) is 6.30. The fourth-order valence-electron chi connectivity index (χ4n) is 3.89. The van der Waals surface area contributed by atoms with Crippen LogP contribution in [0.15, 0.2) is 5.16 Å². The quantitative estimate of drug-likeness (QED) is 0.311. The van der Waals surface area contributed by atoms with Crippen molar-refractivity contribution in [3.8, 4) is 0 Å². The summed E-state index contributed by atoms with van der Waals surface area (Å²) in [7, 11) is 0. The molecule has 6 nitrogen and oxygen atoms in total. The van der Waals surface area contributed by atoms with Crippen molar-refractivity contribution in [3.63, 3.8) is 0 Å². The van der Waals surface area contributed by atoms with Gasteiger partial charge in [0.05, 0.1) is 30.0 Å². The third-order valence-electron chi connectivity index (χ3n) is 5.04. The van der Waals surface area contributed by atoms with Crippen molar-refractivity contribution < 1.29 is 9.84 Å². The van der Waals surface area contributed by atoms with Gasteiger partial charge < -0.3 is 15.2 Å². The van der Waals surface area contributed by atoms with E-state index in [1.165, 1.54) is 28.6 Å². The lowest BCUT2D eigenvalue weighted by atomic mass is 10.0. The molecule has 0 atom stereocenters. The van der Waals surface area contributed by atoms with Crippen molar-refractivity contribution in [1.82, 2.24) is 15.0 Å². The summed E-state index contributed by atoms with van der Waals surface area (Å²) in [5, 5.41) is 14.3. The number of fused-ring (bicyclic) bond motifs is 5. The highest BCUT2D eigenvalue weighted by Crippen LogP contribution is 2.42. The van der Waals surface area contributed by atoms with E-state index in [1.54, 1.807) is 23.1 Å². The molecule has 150 valence electrons. The van der Waals surface area contributed by atoms with Gasteiger partial charge in [-0.15, -0.1) is 11.3 Å². The number of aromatic nitrogens is 3. The lowest BCUT2D eigenvalue weighted by Gasteiger charge is -2.09. The molecule has 0 fully saturated rings. The number of thiophene rings is 1. The SMILES string of the molecule is CCCc1nc2sc3c(NCCOCCO)nc(SC)nc3c2c2c1CCC2. The molecule has 0 amide bonds. The minimum Gasteiger partial charge on any atom is -0.394 e. The van der Waals surface area contributed by atoms with Crippen LogP contribution < -0.4 is 5.32 Å². The fourth-order valence-corrected chi connectivity index (χ4v) is 5.38. The van der Waals surface area contributed by atoms with Gasteiger partial charge in [-0.25, -0.2) is 15.0 Å². The van der Waals surface area contributed by atoms with Crippen LogP contribution in [0.3, 0.4) is 0 Å². The molecule has 3 aromatic rings. The van der Waals surface area contributed by atoms with E-state index in [2.05, 4.69) is 12.2 Å². The van der Waals surface area contributed by atoms with Gasteiger partial charge in [0.25, 0.3) is 0 Å². The van der Waals surface area contributed by atoms with Crippen LogP contribution in [0, 0.1) is 0 Å². The van der Waals surface area contributed by atoms with E-state index in [9.17, 15) is 0 Å². The number of hydrogen-bond acceptors (Lipinski definition) is 8. The van der Waals surface area contributed by atoms with Gasteiger partial charge >= 0.3 is 0 Å². The molecule has 0 bridgehead atoms. The molecule has 28 heavy (non-hydrogen) atoms. The second-order valence-corrected chi connectivity index (χ2v) is 8.67. The maximum Gasteiger partial charge on any atom is 0.189 e. The van der Waals surface area contributed by atoms with Gasteiger partial charge in [0.2, 0.25) is 0 Å². The highest BCUT2D eigenvalue weighted by atomic mass is 32.2. The van der Waals surface area contributed by atoms with Crippen LogP contribution in [-0.4, -0.2) is 52.7 Å². The Hall–Kier alpha value is -1.48. The summed E-state index contributed by atoms with van der Waals surface area (Å²) in [6.45, 7) is 3.79. The molecule has 0 spiro atoms. The number of rotatable bonds is 9. The standard InChI is InChI=1S/C20H26N4O2S2/c1-3-5-14-12-6-4-7-13(12)15-16-17(28-19(15)22-14)18(24-20(23-16)27-2)21-8-10-26-11-9-25/h25H,3-11H2,1-2H3,(H,21,23,24). The molecule has 3 aromatic heterocycles. The zero-order chi connectivity index (χ0) is 19.5. The molecule has 0 saturated carbocycles. The fraction of sp³-hybridized carbons (Fsp3) is 0.550. The summed E-state index contributed by atoms with van der Waals surface area (Å²) in [5.41, 5.74) is 5.24. The number of aryl methyl sites for hydroxylation is 2. The van der Waals surface area contributed by atoms with Crippen LogP contribution in [0.25, 0.3) is 20.4 Å². The molecule has 0 unspecified atom stereocenters. The molecule has 1 aliphatic rings. The van der Waals surface area contributed by atoms with E-state index < -0.39 is 0 Å². The highest BCUT2D eigenvalue weighted by molar-refractivity contribution is 7.98. The molecular formula is C20H26N4O2S2. The van der Waals surface area contributed by atoms with Gasteiger partial charge in [-0.2, -0.15) is 0 Å². The summed E-state index contributed by atoms with van der Waals surface area (Å²) in [5.74, 6) is 0.855. The topological polar surface area (TPSA) is 80.2 Å². The number of nitrogens with zero attached hydrogens (tertiary/aromatic N) is 3. The van der Waals surface area contributed by atoms with Gasteiger partial charge in [-0.05, 0) is 43.1 Å². The molecular weight excluding hydrogens is 392 g/mol. The first-order valence-corrected chi connectivity index (χ1v) is 11.9. The number of nitrogens with one attached hydrogen (secondary N) is 1. The summed E-state index contributed by atoms with van der Waals surface area (Å²) in [6.07, 6.45) is 7.63. The molecule has 0 aromatic carbocycles. The second-order valence-electron chi connectivity index (χ2n) is 6.90. The first-order chi connectivity index (χ1) is 13.8. The third-order valence-corrected chi connectivity index (χ3v) is 6.67. The van der Waals surface area contributed by atoms with Crippen LogP contribution in [0.2, 0.25) is 0 Å². The third kappa shape index (κ3) is 3.70. The lowest BCUT2D eigenvalue weighted by molar-refractivity contribution is 0.0992. The minimum absolute atomic E-state index is 0.0432. The Morgan fingerprint density at radius 2 is 2.04 bits per heavy atom. The summed E-state index contributed by atoms with van der Waals surface area (Å²) in [6, 6.07) is 0. The number of ether oxygens (including phenoxy) is 1. The van der Waals surface area contributed by atoms with E-state index in [0.29, 0.717) is 19.8 Å². The number of aliphatic hydroxyl groups is 1. The van der Waals surface area contributed by atoms with E-state index in [-0.39, 0.29) is 6.61 Å². The molecule has 0 aliphatic heterocycles. The van der Waals surface area contributed by atoms with Gasteiger partial charge in [0.15, 0.2) is 5.16 Å². The van der Waals surface area contributed by atoms with Gasteiger partial charge in [0, 0.05) is 17.6 Å². The number of aliphatic hydroxyl groups excluding tert-OH is 1. The van der Waals surface area contributed by atoms with Crippen molar-refractivity contribution in [2.45, 2.75) is 44.2 Å². The van der Waals surface area contributed by atoms with Gasteiger partial charge in [0.1, 0.15) is 10.6 Å². The average molecular weight is 419 g/mol. The Bertz CT molecular complexity index is 990. The second kappa shape index (κ2) is 8.90. The highest BCUT2D eigenvalue weighted by Gasteiger charge is 2.24. The number of hydrogen-bond donors (Lipinski definition) is 2. The van der Waals surface area contributed by atoms with Gasteiger partial charge in [-0.1, -0.05) is 25.1 Å². The lowest BCUT2D eigenvalue weighted by Crippen LogP contribution is -2.12. The van der Waals surface area contributed by atoms with Crippen LogP contribution in [-0.2, 0) is 24.0 Å². The van der Waals surface area contributed by atoms with Crippen LogP contribution >= 0.6 is 23.1 Å². The average Bonchev–Trinajstić information content (AvgIpc) is 3.32. The van der Waals surface area contributed by atoms with Crippen molar-refractivity contribution in [1.29, 1.82) is 0 Å². The normalized spacial score (nSPS) is 13.5. The Balaban J connectivity index is 1.80. The molecule has 3 heterocycles. The van der Waals surface area contributed by atoms with E-state index in [4.69, 9.17) is 24.8 Å². The summed E-state index contributed by atoms with van der Waals surface area (Å²) >= 11 is 3.25. The molecule has 0 saturated heterocycles. The largest absolute Gasteiger partial charge is 0.394 e. The first kappa shape index (κ1) is 19.8. The number of thioether (sulfide) groups is 1. The zero-order valence-electron chi connectivity index (χ0n) is 16.4. The first-order valence-electron chi connectivity index (χ1n) is 9.88. The Labute approximate surface area is 173 Å². The predicted molar refractivity (Wildman–Crippen MR) is 117 cm³/mol. The summed E-state index contributed by atoms with van der Waals surface area (Å²) < 4.78 is 6.44. The zero-order valence-corrected chi connectivity index (χ0v) is 18.0. The molecule has 0 radical (unpaired) electrons. The maximum absolute atomic E-state index is 8.84. The molecule has 8 heteroatoms.